The van der Waals surface area contributed by atoms with Crippen molar-refractivity contribution in [3.05, 3.63) is 58.5 Å². The highest BCUT2D eigenvalue weighted by Crippen LogP contribution is 2.18. The molecule has 0 bridgehead atoms. The zero-order chi connectivity index (χ0) is 11.8. The molecule has 4 nitrogen and oxygen atoms in total. The van der Waals surface area contributed by atoms with Crippen molar-refractivity contribution in [2.45, 2.75) is 13.1 Å². The molecule has 0 saturated carbocycles. The molecule has 0 fully saturated rings. The van der Waals surface area contributed by atoms with E-state index >= 15 is 0 Å². The topological polar surface area (TPSA) is 63.6 Å². The van der Waals surface area contributed by atoms with Gasteiger partial charge in [0, 0.05) is 23.6 Å². The molecule has 2 heterocycles. The Morgan fingerprint density at radius 3 is 2.65 bits per heavy atom. The first-order chi connectivity index (χ1) is 8.24. The molecule has 1 aliphatic rings. The second kappa shape index (κ2) is 3.66. The highest BCUT2D eigenvalue weighted by Gasteiger charge is 2.13. The lowest BCUT2D eigenvalue weighted by Crippen LogP contribution is -2.22. The molecule has 17 heavy (non-hydrogen) atoms. The summed E-state index contributed by atoms with van der Waals surface area (Å²) in [5.41, 5.74) is 8.66. The minimum atomic E-state index is -0.181. The predicted octanol–water partition coefficient (Wildman–Crippen LogP) is 0.924. The first-order valence-corrected chi connectivity index (χ1v) is 5.46. The Labute approximate surface area is 98.6 Å². The smallest absolute Gasteiger partial charge is 0.168 e. The quantitative estimate of drug-likeness (QED) is 0.732. The van der Waals surface area contributed by atoms with Gasteiger partial charge in [-0.15, -0.1) is 0 Å². The normalized spacial score (nSPS) is 17.1. The third-order valence-corrected chi connectivity index (χ3v) is 2.87. The van der Waals surface area contributed by atoms with Gasteiger partial charge in [0.1, 0.15) is 0 Å². The minimum absolute atomic E-state index is 0.181. The number of pyridine rings is 1. The average Bonchev–Trinajstić information content (AvgIpc) is 2.74. The van der Waals surface area contributed by atoms with Gasteiger partial charge in [-0.2, -0.15) is 0 Å². The Balaban J connectivity index is 2.13. The summed E-state index contributed by atoms with van der Waals surface area (Å²) >= 11 is 0. The molecule has 2 aromatic rings. The zero-order valence-corrected chi connectivity index (χ0v) is 9.46. The van der Waals surface area contributed by atoms with E-state index in [2.05, 4.69) is 15.0 Å². The summed E-state index contributed by atoms with van der Waals surface area (Å²) in [7, 11) is 0. The van der Waals surface area contributed by atoms with Crippen molar-refractivity contribution in [3.8, 4) is 0 Å². The van der Waals surface area contributed by atoms with E-state index in [0.29, 0.717) is 0 Å². The van der Waals surface area contributed by atoms with Gasteiger partial charge in [0.2, 0.25) is 0 Å². The van der Waals surface area contributed by atoms with Crippen molar-refractivity contribution >= 4 is 5.69 Å². The van der Waals surface area contributed by atoms with Crippen LogP contribution in [0.2, 0.25) is 0 Å². The number of rotatable bonds is 1. The van der Waals surface area contributed by atoms with Crippen LogP contribution in [0.1, 0.15) is 17.3 Å². The second-order valence-corrected chi connectivity index (χ2v) is 4.12. The molecule has 1 aromatic heterocycles. The van der Waals surface area contributed by atoms with Gasteiger partial charge in [0.15, 0.2) is 6.17 Å². The minimum Gasteiger partial charge on any atom is -0.398 e. The van der Waals surface area contributed by atoms with Crippen LogP contribution in [0, 0.1) is 6.92 Å². The number of nitrogens with two attached hydrogens (primary N) is 1. The van der Waals surface area contributed by atoms with E-state index in [1.807, 2.05) is 31.2 Å². The van der Waals surface area contributed by atoms with Crippen LogP contribution >= 0.6 is 0 Å². The summed E-state index contributed by atoms with van der Waals surface area (Å²) in [6.45, 7) is 1.97. The van der Waals surface area contributed by atoms with E-state index in [0.717, 1.165) is 27.5 Å². The molecular weight excluding hydrogens is 212 g/mol. The van der Waals surface area contributed by atoms with Crippen molar-refractivity contribution < 1.29 is 0 Å². The van der Waals surface area contributed by atoms with Gasteiger partial charge in [-0.05, 0) is 30.7 Å². The molecule has 0 radical (unpaired) electrons. The third-order valence-electron chi connectivity index (χ3n) is 2.87. The number of anilines is 1. The standard InChI is InChI=1S/C13H12N4/c1-8-5-11-12(6-10(8)14)17-13(16-11)9-3-2-4-15-7-9/h2-7,13H,14H2,1H3/t13-/m0/s1. The monoisotopic (exact) mass is 224 g/mol. The molecule has 0 saturated heterocycles. The molecule has 4 heteroatoms. The van der Waals surface area contributed by atoms with Gasteiger partial charge in [-0.3, -0.25) is 15.0 Å². The van der Waals surface area contributed by atoms with Crippen molar-refractivity contribution in [2.24, 2.45) is 9.98 Å². The fraction of sp³-hybridized carbons (Fsp3) is 0.154. The maximum Gasteiger partial charge on any atom is 0.168 e. The van der Waals surface area contributed by atoms with Crippen molar-refractivity contribution in [2.75, 3.05) is 5.73 Å². The number of aromatic nitrogens is 1. The van der Waals surface area contributed by atoms with Gasteiger partial charge in [0.25, 0.3) is 0 Å². The SMILES string of the molecule is Cc1cc2c(cc1N)=N[C@@H](c1cccnc1)N=2. The van der Waals surface area contributed by atoms with Gasteiger partial charge in [0.05, 0.1) is 10.7 Å². The Bertz CT molecular complexity index is 636. The number of aryl methyl sites for hydroxylation is 1. The summed E-state index contributed by atoms with van der Waals surface area (Å²) in [4.78, 5) is 13.2. The van der Waals surface area contributed by atoms with Crippen molar-refractivity contribution in [1.82, 2.24) is 4.98 Å². The van der Waals surface area contributed by atoms with Gasteiger partial charge in [-0.1, -0.05) is 6.07 Å². The summed E-state index contributed by atoms with van der Waals surface area (Å²) in [5.74, 6) is 0. The molecule has 0 spiro atoms. The number of benzene rings is 1. The van der Waals surface area contributed by atoms with Crippen molar-refractivity contribution in [3.63, 3.8) is 0 Å². The molecule has 1 aliphatic heterocycles. The maximum absolute atomic E-state index is 5.86. The van der Waals surface area contributed by atoms with Crippen LogP contribution in [-0.4, -0.2) is 4.98 Å². The van der Waals surface area contributed by atoms with Crippen LogP contribution in [0.3, 0.4) is 0 Å². The summed E-state index contributed by atoms with van der Waals surface area (Å²) in [5, 5.41) is 1.77. The van der Waals surface area contributed by atoms with E-state index in [9.17, 15) is 0 Å². The lowest BCUT2D eigenvalue weighted by atomic mass is 10.2. The zero-order valence-electron chi connectivity index (χ0n) is 9.46. The van der Waals surface area contributed by atoms with Gasteiger partial charge >= 0.3 is 0 Å². The van der Waals surface area contributed by atoms with Crippen LogP contribution in [-0.2, 0) is 0 Å². The highest BCUT2D eigenvalue weighted by atomic mass is 15.0. The number of nitrogen functional groups attached to an aromatic ring is 1. The molecule has 1 aromatic carbocycles. The predicted molar refractivity (Wildman–Crippen MR) is 64.9 cm³/mol. The van der Waals surface area contributed by atoms with Crippen LogP contribution in [0.5, 0.6) is 0 Å². The van der Waals surface area contributed by atoms with E-state index < -0.39 is 0 Å². The average molecular weight is 224 g/mol. The number of fused-ring (bicyclic) bond motifs is 1. The fourth-order valence-corrected chi connectivity index (χ4v) is 1.87. The number of nitrogens with zero attached hydrogens (tertiary/aromatic N) is 3. The first-order valence-electron chi connectivity index (χ1n) is 5.46. The number of hydrogen-bond acceptors (Lipinski definition) is 4. The Kier molecular flexibility index (Phi) is 2.14. The van der Waals surface area contributed by atoms with Crippen LogP contribution < -0.4 is 16.4 Å². The third kappa shape index (κ3) is 1.67. The van der Waals surface area contributed by atoms with Crippen LogP contribution in [0.15, 0.2) is 46.6 Å². The van der Waals surface area contributed by atoms with E-state index in [-0.39, 0.29) is 6.17 Å². The van der Waals surface area contributed by atoms with E-state index in [4.69, 9.17) is 5.73 Å². The summed E-state index contributed by atoms with van der Waals surface area (Å²) in [6, 6.07) is 7.73. The molecule has 3 rings (SSSR count). The lowest BCUT2D eigenvalue weighted by Gasteiger charge is -2.01. The largest absolute Gasteiger partial charge is 0.398 e. The molecule has 0 amide bonds. The second-order valence-electron chi connectivity index (χ2n) is 4.12. The molecule has 2 N–H and O–H groups in total. The molecule has 1 atom stereocenters. The molecular formula is C13H12N4. The molecule has 0 aliphatic carbocycles. The summed E-state index contributed by atoms with van der Waals surface area (Å²) in [6.07, 6.45) is 3.35. The van der Waals surface area contributed by atoms with Crippen LogP contribution in [0.4, 0.5) is 5.69 Å². The fourth-order valence-electron chi connectivity index (χ4n) is 1.87. The van der Waals surface area contributed by atoms with Gasteiger partial charge in [-0.25, -0.2) is 0 Å². The molecule has 0 unspecified atom stereocenters. The Morgan fingerprint density at radius 1 is 1.18 bits per heavy atom. The lowest BCUT2D eigenvalue weighted by molar-refractivity contribution is 0.766. The number of hydrogen-bond donors (Lipinski definition) is 1. The summed E-state index contributed by atoms with van der Waals surface area (Å²) < 4.78 is 0. The van der Waals surface area contributed by atoms with Gasteiger partial charge < -0.3 is 5.73 Å². The van der Waals surface area contributed by atoms with Crippen molar-refractivity contribution in [1.29, 1.82) is 0 Å². The first kappa shape index (κ1) is 9.96. The van der Waals surface area contributed by atoms with E-state index in [1.165, 1.54) is 0 Å². The molecule has 84 valence electrons. The highest BCUT2D eigenvalue weighted by molar-refractivity contribution is 5.45. The van der Waals surface area contributed by atoms with Crippen LogP contribution in [0.25, 0.3) is 0 Å². The Hall–Kier alpha value is -2.23. The maximum atomic E-state index is 5.86. The Morgan fingerprint density at radius 2 is 1.94 bits per heavy atom. The van der Waals surface area contributed by atoms with E-state index in [1.54, 1.807) is 12.4 Å².